The van der Waals surface area contributed by atoms with Crippen molar-refractivity contribution in [1.82, 2.24) is 0 Å². The highest BCUT2D eigenvalue weighted by molar-refractivity contribution is 7.91. The van der Waals surface area contributed by atoms with Crippen molar-refractivity contribution in [3.63, 3.8) is 0 Å². The Labute approximate surface area is 262 Å². The first-order valence-corrected chi connectivity index (χ1v) is 16.6. The molecule has 5 aromatic rings. The van der Waals surface area contributed by atoms with Gasteiger partial charge in [0, 0.05) is 5.41 Å². The van der Waals surface area contributed by atoms with Crippen molar-refractivity contribution < 1.29 is 17.9 Å². The van der Waals surface area contributed by atoms with Gasteiger partial charge in [0.25, 0.3) is 0 Å². The second kappa shape index (κ2) is 13.5. The number of aryl methyl sites for hydroxylation is 2. The lowest BCUT2D eigenvalue weighted by Crippen LogP contribution is -2.18. The molecule has 226 valence electrons. The molecule has 0 saturated carbocycles. The van der Waals surface area contributed by atoms with Crippen LogP contribution in [0.5, 0.6) is 17.2 Å². The maximum atomic E-state index is 13.0. The number of sulfone groups is 1. The summed E-state index contributed by atoms with van der Waals surface area (Å²) in [6.07, 6.45) is 3.55. The average molecular weight is 605 g/mol. The standard InChI is InChI=1S/C39H40O4S/c1-5-6-7-30-10-12-31(13-11-30)28-42-34-18-14-32(15-19-34)39(3,4)33-16-20-35(21-17-33)43-36-22-26-38(27-23-36)44(40,41)37-24-8-29(2)9-25-37/h8-27H,5-7,28H2,1-4H3. The normalized spacial score (nSPS) is 11.7. The molecule has 0 bridgehead atoms. The van der Waals surface area contributed by atoms with Crippen molar-refractivity contribution >= 4 is 9.84 Å². The Balaban J connectivity index is 1.19. The van der Waals surface area contributed by atoms with Gasteiger partial charge in [-0.1, -0.05) is 93.4 Å². The minimum Gasteiger partial charge on any atom is -0.489 e. The molecule has 4 nitrogen and oxygen atoms in total. The molecule has 0 unspecified atom stereocenters. The van der Waals surface area contributed by atoms with Gasteiger partial charge in [0.2, 0.25) is 9.84 Å². The zero-order valence-electron chi connectivity index (χ0n) is 25.9. The van der Waals surface area contributed by atoms with Crippen molar-refractivity contribution in [3.8, 4) is 17.2 Å². The van der Waals surface area contributed by atoms with Crippen LogP contribution in [0.3, 0.4) is 0 Å². The van der Waals surface area contributed by atoms with Crippen molar-refractivity contribution in [1.29, 1.82) is 0 Å². The average Bonchev–Trinajstić information content (AvgIpc) is 3.04. The van der Waals surface area contributed by atoms with Crippen LogP contribution < -0.4 is 9.47 Å². The molecule has 0 heterocycles. The van der Waals surface area contributed by atoms with E-state index in [2.05, 4.69) is 69.3 Å². The molecule has 44 heavy (non-hydrogen) atoms. The summed E-state index contributed by atoms with van der Waals surface area (Å²) < 4.78 is 38.0. The molecule has 0 aliphatic carbocycles. The van der Waals surface area contributed by atoms with Gasteiger partial charge in [-0.15, -0.1) is 0 Å². The maximum Gasteiger partial charge on any atom is 0.206 e. The summed E-state index contributed by atoms with van der Waals surface area (Å²) in [7, 11) is -3.58. The zero-order valence-corrected chi connectivity index (χ0v) is 26.7. The first kappa shape index (κ1) is 31.1. The molecule has 5 aromatic carbocycles. The second-order valence-corrected chi connectivity index (χ2v) is 13.7. The smallest absolute Gasteiger partial charge is 0.206 e. The molecular formula is C39H40O4S. The fourth-order valence-corrected chi connectivity index (χ4v) is 6.36. The molecule has 0 spiro atoms. The molecule has 0 N–H and O–H groups in total. The molecule has 0 aromatic heterocycles. The van der Waals surface area contributed by atoms with Gasteiger partial charge < -0.3 is 9.47 Å². The topological polar surface area (TPSA) is 52.6 Å². The van der Waals surface area contributed by atoms with Crippen LogP contribution in [0.1, 0.15) is 61.4 Å². The van der Waals surface area contributed by atoms with Crippen molar-refractivity contribution in [2.75, 3.05) is 0 Å². The monoisotopic (exact) mass is 604 g/mol. The quantitative estimate of drug-likeness (QED) is 0.142. The van der Waals surface area contributed by atoms with Gasteiger partial charge in [0.1, 0.15) is 23.9 Å². The summed E-state index contributed by atoms with van der Waals surface area (Å²) in [6, 6.07) is 38.5. The predicted octanol–water partition coefficient (Wildman–Crippen LogP) is 9.87. The molecule has 0 aliphatic heterocycles. The number of unbranched alkanes of at least 4 members (excludes halogenated alkanes) is 1. The van der Waals surface area contributed by atoms with Crippen LogP contribution in [-0.4, -0.2) is 8.42 Å². The van der Waals surface area contributed by atoms with Crippen LogP contribution in [0.15, 0.2) is 131 Å². The first-order chi connectivity index (χ1) is 21.1. The van der Waals surface area contributed by atoms with Gasteiger partial charge in [0.05, 0.1) is 9.79 Å². The van der Waals surface area contributed by atoms with Crippen molar-refractivity contribution in [2.45, 2.75) is 68.8 Å². The fourth-order valence-electron chi connectivity index (χ4n) is 5.10. The van der Waals surface area contributed by atoms with Crippen LogP contribution in [-0.2, 0) is 28.3 Å². The highest BCUT2D eigenvalue weighted by Gasteiger charge is 2.23. The highest BCUT2D eigenvalue weighted by atomic mass is 32.2. The summed E-state index contributed by atoms with van der Waals surface area (Å²) in [4.78, 5) is 0.513. The van der Waals surface area contributed by atoms with Crippen LogP contribution in [0, 0.1) is 6.92 Å². The van der Waals surface area contributed by atoms with E-state index in [-0.39, 0.29) is 15.2 Å². The Morgan fingerprint density at radius 3 is 1.57 bits per heavy atom. The summed E-state index contributed by atoms with van der Waals surface area (Å²) in [5, 5.41) is 0. The Bertz CT molecular complexity index is 1750. The molecule has 0 radical (unpaired) electrons. The van der Waals surface area contributed by atoms with Crippen LogP contribution >= 0.6 is 0 Å². The van der Waals surface area contributed by atoms with Crippen LogP contribution in [0.4, 0.5) is 0 Å². The zero-order chi connectivity index (χ0) is 31.2. The number of rotatable bonds is 12. The largest absolute Gasteiger partial charge is 0.489 e. The summed E-state index contributed by atoms with van der Waals surface area (Å²) in [5.41, 5.74) is 5.67. The minimum absolute atomic E-state index is 0.225. The fraction of sp³-hybridized carbons (Fsp3) is 0.231. The Kier molecular flexibility index (Phi) is 9.55. The van der Waals surface area contributed by atoms with Crippen molar-refractivity contribution in [3.05, 3.63) is 149 Å². The third kappa shape index (κ3) is 7.40. The minimum atomic E-state index is -3.58. The summed E-state index contributed by atoms with van der Waals surface area (Å²) in [5.74, 6) is 2.10. The van der Waals surface area contributed by atoms with E-state index in [0.29, 0.717) is 18.1 Å². The van der Waals surface area contributed by atoms with E-state index in [4.69, 9.17) is 9.47 Å². The number of hydrogen-bond acceptors (Lipinski definition) is 4. The summed E-state index contributed by atoms with van der Waals surface area (Å²) in [6.45, 7) is 9.09. The van der Waals surface area contributed by atoms with E-state index >= 15 is 0 Å². The maximum absolute atomic E-state index is 13.0. The van der Waals surface area contributed by atoms with E-state index in [1.165, 1.54) is 29.5 Å². The molecule has 0 amide bonds. The van der Waals surface area contributed by atoms with Gasteiger partial charge in [-0.25, -0.2) is 8.42 Å². The Morgan fingerprint density at radius 1 is 0.591 bits per heavy atom. The molecule has 0 aliphatic rings. The van der Waals surface area contributed by atoms with Gasteiger partial charge >= 0.3 is 0 Å². The third-order valence-corrected chi connectivity index (χ3v) is 9.89. The van der Waals surface area contributed by atoms with Gasteiger partial charge in [0.15, 0.2) is 0 Å². The van der Waals surface area contributed by atoms with Gasteiger partial charge in [-0.2, -0.15) is 0 Å². The third-order valence-electron chi connectivity index (χ3n) is 8.10. The number of benzene rings is 5. The lowest BCUT2D eigenvalue weighted by molar-refractivity contribution is 0.306. The second-order valence-electron chi connectivity index (χ2n) is 11.8. The van der Waals surface area contributed by atoms with E-state index in [1.54, 1.807) is 48.5 Å². The number of hydrogen-bond donors (Lipinski definition) is 0. The lowest BCUT2D eigenvalue weighted by Gasteiger charge is -2.26. The molecule has 0 atom stereocenters. The molecule has 5 rings (SSSR count). The SMILES string of the molecule is CCCCc1ccc(COc2ccc(C(C)(C)c3ccc(Oc4ccc(S(=O)(=O)c5ccc(C)cc5)cc4)cc3)cc2)cc1. The van der Waals surface area contributed by atoms with Crippen LogP contribution in [0.2, 0.25) is 0 Å². The van der Waals surface area contributed by atoms with E-state index in [0.717, 1.165) is 23.3 Å². The van der Waals surface area contributed by atoms with E-state index in [9.17, 15) is 8.42 Å². The van der Waals surface area contributed by atoms with E-state index < -0.39 is 9.84 Å². The molecular weight excluding hydrogens is 564 g/mol. The highest BCUT2D eigenvalue weighted by Crippen LogP contribution is 2.34. The van der Waals surface area contributed by atoms with E-state index in [1.807, 2.05) is 31.2 Å². The molecule has 5 heteroatoms. The number of ether oxygens (including phenoxy) is 2. The Hall–Kier alpha value is -4.35. The first-order valence-electron chi connectivity index (χ1n) is 15.2. The molecule has 0 saturated heterocycles. The summed E-state index contributed by atoms with van der Waals surface area (Å²) >= 11 is 0. The van der Waals surface area contributed by atoms with Crippen LogP contribution in [0.25, 0.3) is 0 Å². The molecule has 0 fully saturated rings. The lowest BCUT2D eigenvalue weighted by atomic mass is 9.78. The van der Waals surface area contributed by atoms with Gasteiger partial charge in [-0.3, -0.25) is 0 Å². The van der Waals surface area contributed by atoms with Gasteiger partial charge in [-0.05, 0) is 103 Å². The Morgan fingerprint density at radius 2 is 1.05 bits per heavy atom. The predicted molar refractivity (Wildman–Crippen MR) is 178 cm³/mol. The van der Waals surface area contributed by atoms with Crippen molar-refractivity contribution in [2.24, 2.45) is 0 Å².